The number of methoxy groups -OCH3 is 1. The molecular weight excluding hydrogens is 532 g/mol. The molecule has 2 heterocycles. The zero-order valence-corrected chi connectivity index (χ0v) is 25.3. The molecule has 2 aromatic heterocycles. The van der Waals surface area contributed by atoms with Crippen molar-refractivity contribution in [2.45, 2.75) is 65.0 Å². The van der Waals surface area contributed by atoms with Gasteiger partial charge in [-0.05, 0) is 93.6 Å². The van der Waals surface area contributed by atoms with E-state index in [1.165, 1.54) is 19.3 Å². The van der Waals surface area contributed by atoms with Crippen LogP contribution < -0.4 is 15.8 Å². The summed E-state index contributed by atoms with van der Waals surface area (Å²) >= 11 is 6.42. The standard InChI is InChI=1S/C33H41ClN6O/c1-5-15-39(16-6-2)25-12-11-24(19-25)37-32-28(33(35)38-30-10-8-7-9-29(30)34)20-36-40-21-23(18-31(32)40)27-14-13-26(41-4)17-22(27)3/h7-10,13-14,17-18,20-21,24-25,37H,5-6,11-12,15-16,19H2,1-4H3,(H2,35,38). The molecule has 1 fully saturated rings. The highest BCUT2D eigenvalue weighted by molar-refractivity contribution is 6.33. The molecule has 5 rings (SSSR count). The molecule has 0 spiro atoms. The number of hydrogen-bond acceptors (Lipinski definition) is 5. The number of hydrogen-bond donors (Lipinski definition) is 2. The lowest BCUT2D eigenvalue weighted by Gasteiger charge is -2.28. The lowest BCUT2D eigenvalue weighted by molar-refractivity contribution is 0.198. The molecule has 1 aliphatic rings. The lowest BCUT2D eigenvalue weighted by atomic mass is 10.0. The summed E-state index contributed by atoms with van der Waals surface area (Å²) in [4.78, 5) is 7.38. The predicted octanol–water partition coefficient (Wildman–Crippen LogP) is 7.46. The van der Waals surface area contributed by atoms with Crippen LogP contribution in [0, 0.1) is 6.92 Å². The Morgan fingerprint density at radius 3 is 2.63 bits per heavy atom. The molecule has 1 saturated carbocycles. The summed E-state index contributed by atoms with van der Waals surface area (Å²) in [6.07, 6.45) is 9.63. The molecule has 0 amide bonds. The topological polar surface area (TPSA) is 80.2 Å². The largest absolute Gasteiger partial charge is 0.497 e. The van der Waals surface area contributed by atoms with E-state index in [4.69, 9.17) is 32.2 Å². The zero-order chi connectivity index (χ0) is 28.9. The number of anilines is 1. The lowest BCUT2D eigenvalue weighted by Crippen LogP contribution is -2.35. The summed E-state index contributed by atoms with van der Waals surface area (Å²) in [6, 6.07) is 16.7. The fourth-order valence-corrected chi connectivity index (χ4v) is 6.22. The summed E-state index contributed by atoms with van der Waals surface area (Å²) in [7, 11) is 1.69. The van der Waals surface area contributed by atoms with Crippen molar-refractivity contribution in [3.63, 3.8) is 0 Å². The molecule has 4 aromatic rings. The van der Waals surface area contributed by atoms with Crippen molar-refractivity contribution in [3.05, 3.63) is 77.1 Å². The SMILES string of the molecule is CCCN(CCC)C1CCC(Nc2c(/C(N)=N/c3ccccc3Cl)cnn3cc(-c4ccc(OC)cc4C)cc23)C1. The number of aromatic nitrogens is 2. The Bertz CT molecular complexity index is 1520. The first-order valence-corrected chi connectivity index (χ1v) is 15.1. The van der Waals surface area contributed by atoms with Gasteiger partial charge in [-0.15, -0.1) is 0 Å². The number of rotatable bonds is 11. The Morgan fingerprint density at radius 1 is 1.15 bits per heavy atom. The van der Waals surface area contributed by atoms with Crippen LogP contribution in [0.25, 0.3) is 16.6 Å². The van der Waals surface area contributed by atoms with Gasteiger partial charge < -0.3 is 20.7 Å². The van der Waals surface area contributed by atoms with Crippen molar-refractivity contribution >= 4 is 34.3 Å². The van der Waals surface area contributed by atoms with Crippen LogP contribution in [0.2, 0.25) is 5.02 Å². The van der Waals surface area contributed by atoms with Gasteiger partial charge >= 0.3 is 0 Å². The van der Waals surface area contributed by atoms with E-state index in [9.17, 15) is 0 Å². The molecule has 41 heavy (non-hydrogen) atoms. The Hall–Kier alpha value is -3.55. The Labute approximate surface area is 248 Å². The summed E-state index contributed by atoms with van der Waals surface area (Å²) in [6.45, 7) is 8.93. The predicted molar refractivity (Wildman–Crippen MR) is 171 cm³/mol. The minimum absolute atomic E-state index is 0.329. The molecule has 3 N–H and O–H groups in total. The zero-order valence-electron chi connectivity index (χ0n) is 24.5. The quantitative estimate of drug-likeness (QED) is 0.144. The fourth-order valence-electron chi connectivity index (χ4n) is 6.05. The maximum Gasteiger partial charge on any atom is 0.135 e. The maximum atomic E-state index is 6.67. The average molecular weight is 573 g/mol. The number of nitrogens with one attached hydrogen (secondary N) is 1. The second-order valence-electron chi connectivity index (χ2n) is 11.0. The van der Waals surface area contributed by atoms with Crippen LogP contribution in [0.5, 0.6) is 5.75 Å². The van der Waals surface area contributed by atoms with Crippen molar-refractivity contribution in [2.75, 3.05) is 25.5 Å². The van der Waals surface area contributed by atoms with Crippen LogP contribution in [-0.4, -0.2) is 52.6 Å². The molecule has 1 aliphatic carbocycles. The van der Waals surface area contributed by atoms with E-state index in [0.29, 0.717) is 28.6 Å². The van der Waals surface area contributed by atoms with Gasteiger partial charge in [0.15, 0.2) is 0 Å². The summed E-state index contributed by atoms with van der Waals surface area (Å²) in [5.41, 5.74) is 13.4. The van der Waals surface area contributed by atoms with E-state index in [-0.39, 0.29) is 0 Å². The van der Waals surface area contributed by atoms with Crippen LogP contribution in [0.3, 0.4) is 0 Å². The Kier molecular flexibility index (Phi) is 9.15. The third kappa shape index (κ3) is 6.36. The second kappa shape index (κ2) is 13.0. The molecule has 2 unspecified atom stereocenters. The van der Waals surface area contributed by atoms with E-state index in [1.54, 1.807) is 7.11 Å². The Morgan fingerprint density at radius 2 is 1.93 bits per heavy atom. The van der Waals surface area contributed by atoms with Crippen LogP contribution in [0.15, 0.2) is 65.9 Å². The molecule has 216 valence electrons. The van der Waals surface area contributed by atoms with E-state index in [1.807, 2.05) is 41.0 Å². The molecule has 8 heteroatoms. The van der Waals surface area contributed by atoms with E-state index < -0.39 is 0 Å². The third-order valence-corrected chi connectivity index (χ3v) is 8.36. The van der Waals surface area contributed by atoms with E-state index in [2.05, 4.69) is 55.4 Å². The maximum absolute atomic E-state index is 6.67. The summed E-state index contributed by atoms with van der Waals surface area (Å²) < 4.78 is 7.36. The molecule has 0 saturated heterocycles. The molecule has 0 aliphatic heterocycles. The first-order valence-electron chi connectivity index (χ1n) is 14.7. The van der Waals surface area contributed by atoms with Gasteiger partial charge in [0.25, 0.3) is 0 Å². The van der Waals surface area contributed by atoms with Crippen molar-refractivity contribution in [3.8, 4) is 16.9 Å². The minimum Gasteiger partial charge on any atom is -0.497 e. The second-order valence-corrected chi connectivity index (χ2v) is 11.4. The number of ether oxygens (including phenoxy) is 1. The number of aryl methyl sites for hydroxylation is 1. The number of amidine groups is 1. The van der Waals surface area contributed by atoms with Gasteiger partial charge in [-0.3, -0.25) is 0 Å². The van der Waals surface area contributed by atoms with Gasteiger partial charge in [0, 0.05) is 23.8 Å². The van der Waals surface area contributed by atoms with Crippen LogP contribution in [0.4, 0.5) is 11.4 Å². The summed E-state index contributed by atoms with van der Waals surface area (Å²) in [5, 5.41) is 9.21. The van der Waals surface area contributed by atoms with Crippen LogP contribution >= 0.6 is 11.6 Å². The third-order valence-electron chi connectivity index (χ3n) is 8.04. The smallest absolute Gasteiger partial charge is 0.135 e. The van der Waals surface area contributed by atoms with Gasteiger partial charge in [-0.25, -0.2) is 9.51 Å². The summed E-state index contributed by atoms with van der Waals surface area (Å²) in [5.74, 6) is 1.23. The van der Waals surface area contributed by atoms with Crippen molar-refractivity contribution in [1.29, 1.82) is 0 Å². The van der Waals surface area contributed by atoms with Gasteiger partial charge in [0.1, 0.15) is 11.6 Å². The average Bonchev–Trinajstić information content (AvgIpc) is 3.62. The molecule has 2 atom stereocenters. The first-order chi connectivity index (χ1) is 19.9. The van der Waals surface area contributed by atoms with Crippen LogP contribution in [-0.2, 0) is 0 Å². The highest BCUT2D eigenvalue weighted by Gasteiger charge is 2.30. The number of para-hydroxylation sites is 1. The highest BCUT2D eigenvalue weighted by Crippen LogP contribution is 2.35. The number of benzene rings is 2. The normalized spacial score (nSPS) is 17.5. The number of nitrogens with zero attached hydrogens (tertiary/aromatic N) is 4. The minimum atomic E-state index is 0.329. The monoisotopic (exact) mass is 572 g/mol. The number of aliphatic imine (C=N–C) groups is 1. The van der Waals surface area contributed by atoms with Crippen molar-refractivity contribution in [2.24, 2.45) is 10.7 Å². The van der Waals surface area contributed by atoms with Gasteiger partial charge in [-0.1, -0.05) is 43.6 Å². The van der Waals surface area contributed by atoms with Gasteiger partial charge in [0.2, 0.25) is 0 Å². The van der Waals surface area contributed by atoms with Crippen molar-refractivity contribution in [1.82, 2.24) is 14.5 Å². The number of fused-ring (bicyclic) bond motifs is 1. The fraction of sp³-hybridized carbons (Fsp3) is 0.394. The molecular formula is C33H41ClN6O. The first kappa shape index (κ1) is 29.0. The Balaban J connectivity index is 1.55. The molecule has 2 aromatic carbocycles. The van der Waals surface area contributed by atoms with Gasteiger partial charge in [0.05, 0.1) is 40.8 Å². The van der Waals surface area contributed by atoms with Gasteiger partial charge in [-0.2, -0.15) is 5.10 Å². The molecule has 0 bridgehead atoms. The highest BCUT2D eigenvalue weighted by atomic mass is 35.5. The number of nitrogens with two attached hydrogens (primary N) is 1. The van der Waals surface area contributed by atoms with Crippen molar-refractivity contribution < 1.29 is 4.74 Å². The molecule has 0 radical (unpaired) electrons. The van der Waals surface area contributed by atoms with E-state index >= 15 is 0 Å². The van der Waals surface area contributed by atoms with Crippen LogP contribution in [0.1, 0.15) is 57.1 Å². The number of halogens is 1. The van der Waals surface area contributed by atoms with E-state index in [0.717, 1.165) is 65.1 Å². The molecule has 7 nitrogen and oxygen atoms in total.